The molecular weight excluding hydrogens is 252 g/mol. The molecule has 0 fully saturated rings. The first kappa shape index (κ1) is 12.5. The summed E-state index contributed by atoms with van der Waals surface area (Å²) in [6.07, 6.45) is -0.471. The zero-order valence-corrected chi connectivity index (χ0v) is 11.0. The molecule has 2 aromatic rings. The molecule has 0 saturated heterocycles. The van der Waals surface area contributed by atoms with E-state index in [2.05, 4.69) is 0 Å². The molecule has 0 radical (unpaired) electrons. The maximum atomic E-state index is 9.71. The molecule has 0 amide bonds. The topological polar surface area (TPSA) is 20.2 Å². The molecule has 1 nitrogen and oxygen atoms in total. The van der Waals surface area contributed by atoms with Crippen LogP contribution in [0.4, 0.5) is 0 Å². The second-order valence-electron chi connectivity index (χ2n) is 3.75. The molecule has 1 N–H and O–H groups in total. The van der Waals surface area contributed by atoms with Gasteiger partial charge in [-0.2, -0.15) is 0 Å². The number of halogens is 1. The van der Waals surface area contributed by atoms with E-state index in [0.29, 0.717) is 0 Å². The molecule has 0 aromatic heterocycles. The minimum atomic E-state index is -0.471. The van der Waals surface area contributed by atoms with Gasteiger partial charge in [0.05, 0.1) is 11.1 Å². The average molecular weight is 265 g/mol. The van der Waals surface area contributed by atoms with Gasteiger partial charge in [0.2, 0.25) is 0 Å². The van der Waals surface area contributed by atoms with E-state index in [1.54, 1.807) is 18.7 Å². The van der Waals surface area contributed by atoms with Crippen molar-refractivity contribution in [2.24, 2.45) is 0 Å². The van der Waals surface area contributed by atoms with Crippen LogP contribution in [0.3, 0.4) is 0 Å². The van der Waals surface area contributed by atoms with Gasteiger partial charge >= 0.3 is 0 Å². The lowest BCUT2D eigenvalue weighted by molar-refractivity contribution is 0.196. The van der Waals surface area contributed by atoms with Crippen molar-refractivity contribution in [2.45, 2.75) is 22.8 Å². The number of benzene rings is 2. The van der Waals surface area contributed by atoms with E-state index in [1.165, 1.54) is 0 Å². The SMILES string of the molecule is CC(O)c1ccccc1Sc1ccccc1Cl. The minimum absolute atomic E-state index is 0.471. The number of aliphatic hydroxyl groups excluding tert-OH is 1. The van der Waals surface area contributed by atoms with Crippen LogP contribution in [-0.2, 0) is 0 Å². The fourth-order valence-corrected chi connectivity index (χ4v) is 2.87. The lowest BCUT2D eigenvalue weighted by atomic mass is 10.1. The fourth-order valence-electron chi connectivity index (χ4n) is 1.56. The molecule has 0 saturated carbocycles. The van der Waals surface area contributed by atoms with E-state index in [-0.39, 0.29) is 0 Å². The lowest BCUT2D eigenvalue weighted by Gasteiger charge is -2.11. The van der Waals surface area contributed by atoms with Crippen LogP contribution >= 0.6 is 23.4 Å². The Balaban J connectivity index is 2.34. The number of hydrogen-bond donors (Lipinski definition) is 1. The van der Waals surface area contributed by atoms with Crippen molar-refractivity contribution in [2.75, 3.05) is 0 Å². The monoisotopic (exact) mass is 264 g/mol. The van der Waals surface area contributed by atoms with Gasteiger partial charge in [-0.15, -0.1) is 0 Å². The minimum Gasteiger partial charge on any atom is -0.389 e. The van der Waals surface area contributed by atoms with Gasteiger partial charge in [-0.3, -0.25) is 0 Å². The highest BCUT2D eigenvalue weighted by atomic mass is 35.5. The predicted octanol–water partition coefficient (Wildman–Crippen LogP) is 4.54. The van der Waals surface area contributed by atoms with E-state index >= 15 is 0 Å². The van der Waals surface area contributed by atoms with Gasteiger partial charge < -0.3 is 5.11 Å². The third kappa shape index (κ3) is 3.03. The van der Waals surface area contributed by atoms with Crippen molar-refractivity contribution in [3.05, 3.63) is 59.1 Å². The van der Waals surface area contributed by atoms with E-state index in [0.717, 1.165) is 20.4 Å². The summed E-state index contributed by atoms with van der Waals surface area (Å²) in [5.74, 6) is 0. The van der Waals surface area contributed by atoms with Crippen molar-refractivity contribution in [1.29, 1.82) is 0 Å². The Labute approximate surface area is 110 Å². The molecule has 0 spiro atoms. The quantitative estimate of drug-likeness (QED) is 0.878. The van der Waals surface area contributed by atoms with Crippen LogP contribution in [-0.4, -0.2) is 5.11 Å². The van der Waals surface area contributed by atoms with Gasteiger partial charge in [0.15, 0.2) is 0 Å². The summed E-state index contributed by atoms with van der Waals surface area (Å²) < 4.78 is 0. The molecule has 17 heavy (non-hydrogen) atoms. The number of aliphatic hydroxyl groups is 1. The molecular formula is C14H13ClOS. The summed E-state index contributed by atoms with van der Waals surface area (Å²) in [7, 11) is 0. The first-order valence-corrected chi connectivity index (χ1v) is 6.57. The van der Waals surface area contributed by atoms with Crippen molar-refractivity contribution in [3.8, 4) is 0 Å². The van der Waals surface area contributed by atoms with Crippen LogP contribution in [0.2, 0.25) is 5.02 Å². The second-order valence-corrected chi connectivity index (χ2v) is 5.24. The number of hydrogen-bond acceptors (Lipinski definition) is 2. The highest BCUT2D eigenvalue weighted by molar-refractivity contribution is 7.99. The second kappa shape index (κ2) is 5.58. The maximum Gasteiger partial charge on any atom is 0.0772 e. The first-order chi connectivity index (χ1) is 8.18. The van der Waals surface area contributed by atoms with E-state index < -0.39 is 6.10 Å². The zero-order chi connectivity index (χ0) is 12.3. The molecule has 0 bridgehead atoms. The Morgan fingerprint density at radius 2 is 1.59 bits per heavy atom. The van der Waals surface area contributed by atoms with Crippen molar-refractivity contribution in [1.82, 2.24) is 0 Å². The van der Waals surface area contributed by atoms with E-state index in [4.69, 9.17) is 11.6 Å². The highest BCUT2D eigenvalue weighted by Gasteiger charge is 2.09. The largest absolute Gasteiger partial charge is 0.389 e. The molecule has 2 rings (SSSR count). The summed E-state index contributed by atoms with van der Waals surface area (Å²) in [6, 6.07) is 15.5. The molecule has 0 aliphatic rings. The van der Waals surface area contributed by atoms with Crippen molar-refractivity contribution < 1.29 is 5.11 Å². The van der Waals surface area contributed by atoms with Crippen molar-refractivity contribution >= 4 is 23.4 Å². The smallest absolute Gasteiger partial charge is 0.0772 e. The van der Waals surface area contributed by atoms with Crippen LogP contribution in [0.5, 0.6) is 0 Å². The van der Waals surface area contributed by atoms with E-state index in [1.807, 2.05) is 48.5 Å². The van der Waals surface area contributed by atoms with Crippen molar-refractivity contribution in [3.63, 3.8) is 0 Å². The first-order valence-electron chi connectivity index (χ1n) is 5.38. The Hall–Kier alpha value is -0.960. The van der Waals surface area contributed by atoms with E-state index in [9.17, 15) is 5.11 Å². The molecule has 0 aliphatic heterocycles. The summed E-state index contributed by atoms with van der Waals surface area (Å²) >= 11 is 7.70. The lowest BCUT2D eigenvalue weighted by Crippen LogP contribution is -1.93. The van der Waals surface area contributed by atoms with Gasteiger partial charge in [0, 0.05) is 9.79 Å². The Kier molecular flexibility index (Phi) is 4.11. The summed E-state index contributed by atoms with van der Waals surface area (Å²) in [4.78, 5) is 2.04. The molecule has 1 unspecified atom stereocenters. The predicted molar refractivity (Wildman–Crippen MR) is 72.7 cm³/mol. The van der Waals surface area contributed by atoms with Gasteiger partial charge in [-0.1, -0.05) is 53.7 Å². The van der Waals surface area contributed by atoms with Crippen LogP contribution in [0, 0.1) is 0 Å². The normalized spacial score (nSPS) is 12.4. The Morgan fingerprint density at radius 3 is 2.24 bits per heavy atom. The molecule has 3 heteroatoms. The highest BCUT2D eigenvalue weighted by Crippen LogP contribution is 2.36. The molecule has 88 valence electrons. The standard InChI is InChI=1S/C14H13ClOS/c1-10(16)11-6-2-4-8-13(11)17-14-9-5-3-7-12(14)15/h2-10,16H,1H3. The molecule has 0 heterocycles. The van der Waals surface area contributed by atoms with Crippen LogP contribution in [0.15, 0.2) is 58.3 Å². The van der Waals surface area contributed by atoms with Crippen LogP contribution in [0.25, 0.3) is 0 Å². The molecule has 0 aliphatic carbocycles. The fraction of sp³-hybridized carbons (Fsp3) is 0.143. The van der Waals surface area contributed by atoms with Gasteiger partial charge in [0.25, 0.3) is 0 Å². The summed E-state index contributed by atoms with van der Waals surface area (Å²) in [5.41, 5.74) is 0.928. The summed E-state index contributed by atoms with van der Waals surface area (Å²) in [6.45, 7) is 1.77. The Morgan fingerprint density at radius 1 is 1.00 bits per heavy atom. The van der Waals surface area contributed by atoms with Gasteiger partial charge in [-0.05, 0) is 30.7 Å². The number of rotatable bonds is 3. The van der Waals surface area contributed by atoms with Crippen LogP contribution < -0.4 is 0 Å². The third-order valence-corrected chi connectivity index (χ3v) is 4.03. The van der Waals surface area contributed by atoms with Gasteiger partial charge in [0.1, 0.15) is 0 Å². The molecule has 2 aromatic carbocycles. The van der Waals surface area contributed by atoms with Gasteiger partial charge in [-0.25, -0.2) is 0 Å². The zero-order valence-electron chi connectivity index (χ0n) is 9.43. The summed E-state index contributed by atoms with van der Waals surface area (Å²) in [5, 5.41) is 10.4. The average Bonchev–Trinajstić information content (AvgIpc) is 2.32. The van der Waals surface area contributed by atoms with Crippen LogP contribution in [0.1, 0.15) is 18.6 Å². The third-order valence-electron chi connectivity index (χ3n) is 2.43. The Bertz CT molecular complexity index is 511. The molecule has 1 atom stereocenters. The maximum absolute atomic E-state index is 9.71.